The standard InChI is InChI=1S/C17H20N4O3/c1-3-4-8-17(20-21-17)9-5-14(22)19-16(2,12-15(23)24)13-6-10-18-11-7-13/h1,6-7,10-11H,4-5,8-9,12H2,2H3,(H,19,22)(H,23,24). The molecule has 24 heavy (non-hydrogen) atoms. The molecule has 1 atom stereocenters. The van der Waals surface area contributed by atoms with Crippen LogP contribution in [0, 0.1) is 12.3 Å². The zero-order valence-corrected chi connectivity index (χ0v) is 13.5. The van der Waals surface area contributed by atoms with E-state index in [9.17, 15) is 14.7 Å². The number of carboxylic acids is 1. The fourth-order valence-electron chi connectivity index (χ4n) is 2.59. The third-order valence-corrected chi connectivity index (χ3v) is 4.04. The summed E-state index contributed by atoms with van der Waals surface area (Å²) < 4.78 is 0. The molecule has 7 heteroatoms. The number of pyridine rings is 1. The molecule has 7 nitrogen and oxygen atoms in total. The van der Waals surface area contributed by atoms with E-state index >= 15 is 0 Å². The minimum absolute atomic E-state index is 0.206. The summed E-state index contributed by atoms with van der Waals surface area (Å²) in [5.41, 5.74) is -0.838. The van der Waals surface area contributed by atoms with Crippen molar-refractivity contribution >= 4 is 11.9 Å². The van der Waals surface area contributed by atoms with Crippen molar-refractivity contribution in [2.75, 3.05) is 0 Å². The quantitative estimate of drug-likeness (QED) is 0.678. The van der Waals surface area contributed by atoms with Gasteiger partial charge in [0.25, 0.3) is 0 Å². The van der Waals surface area contributed by atoms with Gasteiger partial charge >= 0.3 is 5.97 Å². The predicted molar refractivity (Wildman–Crippen MR) is 86.9 cm³/mol. The molecule has 126 valence electrons. The number of amides is 1. The first-order chi connectivity index (χ1) is 11.4. The van der Waals surface area contributed by atoms with E-state index in [1.165, 1.54) is 0 Å². The number of nitrogens with one attached hydrogen (secondary N) is 1. The van der Waals surface area contributed by atoms with Crippen LogP contribution in [0.2, 0.25) is 0 Å². The van der Waals surface area contributed by atoms with Gasteiger partial charge in [0.2, 0.25) is 5.91 Å². The third-order valence-electron chi connectivity index (χ3n) is 4.04. The normalized spacial score (nSPS) is 16.7. The number of aromatic nitrogens is 1. The lowest BCUT2D eigenvalue weighted by Crippen LogP contribution is -2.45. The molecule has 2 heterocycles. The lowest BCUT2D eigenvalue weighted by atomic mass is 9.88. The molecule has 1 aliphatic rings. The molecule has 0 saturated carbocycles. The molecule has 2 rings (SSSR count). The molecular weight excluding hydrogens is 308 g/mol. The van der Waals surface area contributed by atoms with Gasteiger partial charge in [-0.1, -0.05) is 0 Å². The highest BCUT2D eigenvalue weighted by Crippen LogP contribution is 2.37. The second-order valence-corrected chi connectivity index (χ2v) is 6.07. The maximum atomic E-state index is 12.3. The van der Waals surface area contributed by atoms with Crippen LogP contribution in [-0.2, 0) is 15.1 Å². The largest absolute Gasteiger partial charge is 0.481 e. The second kappa shape index (κ2) is 7.21. The number of carbonyl (C=O) groups excluding carboxylic acids is 1. The highest BCUT2D eigenvalue weighted by molar-refractivity contribution is 5.78. The van der Waals surface area contributed by atoms with Gasteiger partial charge < -0.3 is 10.4 Å². The van der Waals surface area contributed by atoms with Gasteiger partial charge in [0.05, 0.1) is 12.0 Å². The first-order valence-corrected chi connectivity index (χ1v) is 7.70. The first-order valence-electron chi connectivity index (χ1n) is 7.70. The Morgan fingerprint density at radius 1 is 1.33 bits per heavy atom. The van der Waals surface area contributed by atoms with Gasteiger partial charge in [0.1, 0.15) is 0 Å². The molecule has 1 amide bonds. The number of rotatable bonds is 9. The number of hydrogen-bond donors (Lipinski definition) is 2. The Labute approximate surface area is 140 Å². The first kappa shape index (κ1) is 17.6. The van der Waals surface area contributed by atoms with Crippen molar-refractivity contribution in [1.29, 1.82) is 0 Å². The van der Waals surface area contributed by atoms with E-state index in [2.05, 4.69) is 26.4 Å². The number of nitrogens with zero attached hydrogens (tertiary/aromatic N) is 3. The highest BCUT2D eigenvalue weighted by Gasteiger charge is 2.40. The molecule has 0 fully saturated rings. The van der Waals surface area contributed by atoms with E-state index in [4.69, 9.17) is 6.42 Å². The number of carboxylic acid groups (broad SMARTS) is 1. The van der Waals surface area contributed by atoms with Gasteiger partial charge in [-0.15, -0.1) is 12.3 Å². The molecule has 0 bridgehead atoms. The fraction of sp³-hybridized carbons (Fsp3) is 0.471. The van der Waals surface area contributed by atoms with Crippen molar-refractivity contribution in [3.63, 3.8) is 0 Å². The summed E-state index contributed by atoms with van der Waals surface area (Å²) in [6.45, 7) is 1.69. The molecule has 1 aromatic rings. The van der Waals surface area contributed by atoms with Crippen molar-refractivity contribution in [3.05, 3.63) is 30.1 Å². The second-order valence-electron chi connectivity index (χ2n) is 6.07. The molecular formula is C17H20N4O3. The molecule has 0 saturated heterocycles. The van der Waals surface area contributed by atoms with Gasteiger partial charge in [-0.05, 0) is 24.6 Å². The molecule has 0 aliphatic carbocycles. The van der Waals surface area contributed by atoms with E-state index in [-0.39, 0.29) is 18.7 Å². The van der Waals surface area contributed by atoms with Gasteiger partial charge in [0, 0.05) is 38.1 Å². The summed E-state index contributed by atoms with van der Waals surface area (Å²) in [6.07, 6.45) is 10.0. The number of hydrogen-bond acceptors (Lipinski definition) is 5. The summed E-state index contributed by atoms with van der Waals surface area (Å²) in [5.74, 6) is 1.31. The van der Waals surface area contributed by atoms with Crippen LogP contribution in [0.15, 0.2) is 34.8 Å². The van der Waals surface area contributed by atoms with E-state index in [1.54, 1.807) is 31.5 Å². The summed E-state index contributed by atoms with van der Waals surface area (Å²) in [6, 6.07) is 3.40. The summed E-state index contributed by atoms with van der Waals surface area (Å²) in [7, 11) is 0. The van der Waals surface area contributed by atoms with E-state index in [0.29, 0.717) is 24.8 Å². The number of aliphatic carboxylic acids is 1. The van der Waals surface area contributed by atoms with Crippen LogP contribution in [0.1, 0.15) is 44.6 Å². The van der Waals surface area contributed by atoms with Crippen molar-refractivity contribution in [2.45, 2.75) is 50.2 Å². The minimum Gasteiger partial charge on any atom is -0.481 e. The van der Waals surface area contributed by atoms with Crippen molar-refractivity contribution in [2.24, 2.45) is 10.2 Å². The van der Waals surface area contributed by atoms with E-state index in [0.717, 1.165) is 0 Å². The average Bonchev–Trinajstić information content (AvgIpc) is 3.31. The van der Waals surface area contributed by atoms with Gasteiger partial charge in [-0.3, -0.25) is 14.6 Å². The highest BCUT2D eigenvalue weighted by atomic mass is 16.4. The Hall–Kier alpha value is -2.75. The molecule has 0 aromatic carbocycles. The van der Waals surface area contributed by atoms with Crippen LogP contribution >= 0.6 is 0 Å². The molecule has 1 aliphatic heterocycles. The topological polar surface area (TPSA) is 104 Å². The van der Waals surface area contributed by atoms with Crippen LogP contribution in [0.5, 0.6) is 0 Å². The van der Waals surface area contributed by atoms with Crippen molar-refractivity contribution < 1.29 is 14.7 Å². The average molecular weight is 328 g/mol. The summed E-state index contributed by atoms with van der Waals surface area (Å²) >= 11 is 0. The number of carbonyl (C=O) groups is 2. The maximum absolute atomic E-state index is 12.3. The van der Waals surface area contributed by atoms with E-state index in [1.807, 2.05) is 0 Å². The lowest BCUT2D eigenvalue weighted by molar-refractivity contribution is -0.139. The van der Waals surface area contributed by atoms with Crippen molar-refractivity contribution in [3.8, 4) is 12.3 Å². The van der Waals surface area contributed by atoms with Crippen LogP contribution < -0.4 is 5.32 Å². The molecule has 0 radical (unpaired) electrons. The van der Waals surface area contributed by atoms with E-state index < -0.39 is 17.2 Å². The van der Waals surface area contributed by atoms with Gasteiger partial charge in [0.15, 0.2) is 5.66 Å². The Morgan fingerprint density at radius 2 is 2.00 bits per heavy atom. The number of terminal acetylenes is 1. The molecule has 0 spiro atoms. The zero-order valence-electron chi connectivity index (χ0n) is 13.5. The maximum Gasteiger partial charge on any atom is 0.306 e. The van der Waals surface area contributed by atoms with Crippen LogP contribution in [-0.4, -0.2) is 27.6 Å². The van der Waals surface area contributed by atoms with Crippen LogP contribution in [0.25, 0.3) is 0 Å². The minimum atomic E-state index is -1.00. The Bertz CT molecular complexity index is 675. The third kappa shape index (κ3) is 4.62. The molecule has 1 aromatic heterocycles. The Balaban J connectivity index is 1.98. The van der Waals surface area contributed by atoms with Gasteiger partial charge in [-0.25, -0.2) is 0 Å². The summed E-state index contributed by atoms with van der Waals surface area (Å²) in [5, 5.41) is 20.0. The SMILES string of the molecule is C#CCCC1(CCC(=O)NC(C)(CC(=O)O)c2ccncc2)N=N1. The monoisotopic (exact) mass is 328 g/mol. The smallest absolute Gasteiger partial charge is 0.306 e. The summed E-state index contributed by atoms with van der Waals surface area (Å²) in [4.78, 5) is 27.4. The Morgan fingerprint density at radius 3 is 2.54 bits per heavy atom. The van der Waals surface area contributed by atoms with Crippen LogP contribution in [0.4, 0.5) is 0 Å². The molecule has 2 N–H and O–H groups in total. The zero-order chi connectivity index (χ0) is 17.6. The van der Waals surface area contributed by atoms with Gasteiger partial charge in [-0.2, -0.15) is 10.2 Å². The predicted octanol–water partition coefficient (Wildman–Crippen LogP) is 2.24. The molecule has 1 unspecified atom stereocenters. The lowest BCUT2D eigenvalue weighted by Gasteiger charge is -2.30. The van der Waals surface area contributed by atoms with Crippen LogP contribution in [0.3, 0.4) is 0 Å². The van der Waals surface area contributed by atoms with Crippen molar-refractivity contribution in [1.82, 2.24) is 10.3 Å². The Kier molecular flexibility index (Phi) is 5.29. The fourth-order valence-corrected chi connectivity index (χ4v) is 2.59.